The van der Waals surface area contributed by atoms with E-state index in [0.29, 0.717) is 28.7 Å². The summed E-state index contributed by atoms with van der Waals surface area (Å²) in [5, 5.41) is 0.461. The Balaban J connectivity index is 2.82. The molecule has 1 aromatic rings. The lowest BCUT2D eigenvalue weighted by Gasteiger charge is -2.18. The van der Waals surface area contributed by atoms with E-state index in [9.17, 15) is 9.00 Å². The van der Waals surface area contributed by atoms with E-state index in [4.69, 9.17) is 17.3 Å². The minimum Gasteiger partial charge on any atom is -0.398 e. The maximum Gasteiger partial charge on any atom is 0.235 e. The number of nitrogen functional groups attached to an aromatic ring is 1. The quantitative estimate of drug-likeness (QED) is 0.842. The maximum absolute atomic E-state index is 12.1. The second kappa shape index (κ2) is 6.75. The number of anilines is 1. The van der Waals surface area contributed by atoms with Crippen LogP contribution in [-0.2, 0) is 15.6 Å². The van der Waals surface area contributed by atoms with Crippen LogP contribution in [-0.4, -0.2) is 33.9 Å². The van der Waals surface area contributed by atoms with Gasteiger partial charge in [-0.1, -0.05) is 11.6 Å². The lowest BCUT2D eigenvalue weighted by Crippen LogP contribution is -2.34. The van der Waals surface area contributed by atoms with Gasteiger partial charge in [-0.2, -0.15) is 0 Å². The van der Waals surface area contributed by atoms with Crippen molar-refractivity contribution in [2.24, 2.45) is 0 Å². The highest BCUT2D eigenvalue weighted by molar-refractivity contribution is 7.86. The monoisotopic (exact) mass is 288 g/mol. The summed E-state index contributed by atoms with van der Waals surface area (Å²) in [7, 11) is -1.46. The number of rotatable bonds is 5. The van der Waals surface area contributed by atoms with Crippen molar-refractivity contribution in [2.45, 2.75) is 18.7 Å². The van der Waals surface area contributed by atoms with Crippen LogP contribution in [0.5, 0.6) is 0 Å². The molecular formula is C12H17ClN2O2S. The third-order valence-corrected chi connectivity index (χ3v) is 4.18. The van der Waals surface area contributed by atoms with Crippen LogP contribution >= 0.6 is 11.6 Å². The third-order valence-electron chi connectivity index (χ3n) is 2.59. The fourth-order valence-electron chi connectivity index (χ4n) is 1.56. The van der Waals surface area contributed by atoms with Crippen LogP contribution in [0.15, 0.2) is 23.1 Å². The Kier molecular flexibility index (Phi) is 5.62. The predicted molar refractivity (Wildman–Crippen MR) is 75.1 cm³/mol. The molecule has 1 unspecified atom stereocenters. The lowest BCUT2D eigenvalue weighted by atomic mass is 10.3. The molecule has 6 heteroatoms. The minimum atomic E-state index is -1.46. The Morgan fingerprint density at radius 2 is 2.00 bits per heavy atom. The van der Waals surface area contributed by atoms with Crippen molar-refractivity contribution in [3.05, 3.63) is 23.2 Å². The van der Waals surface area contributed by atoms with Crippen molar-refractivity contribution >= 4 is 34.0 Å². The normalized spacial score (nSPS) is 12.2. The first-order chi connectivity index (χ1) is 8.49. The molecule has 1 aromatic carbocycles. The Morgan fingerprint density at radius 3 is 2.56 bits per heavy atom. The van der Waals surface area contributed by atoms with Gasteiger partial charge in [-0.3, -0.25) is 9.00 Å². The fourth-order valence-corrected chi connectivity index (χ4v) is 2.95. The Hall–Kier alpha value is -1.07. The zero-order valence-corrected chi connectivity index (χ0v) is 12.1. The smallest absolute Gasteiger partial charge is 0.235 e. The maximum atomic E-state index is 12.1. The van der Waals surface area contributed by atoms with Gasteiger partial charge in [0.15, 0.2) is 0 Å². The number of amides is 1. The molecule has 1 atom stereocenters. The molecule has 0 aliphatic carbocycles. The molecular weight excluding hydrogens is 272 g/mol. The molecule has 2 N–H and O–H groups in total. The van der Waals surface area contributed by atoms with Crippen LogP contribution in [0.3, 0.4) is 0 Å². The van der Waals surface area contributed by atoms with Crippen LogP contribution in [0.1, 0.15) is 13.8 Å². The van der Waals surface area contributed by atoms with Gasteiger partial charge in [0.25, 0.3) is 0 Å². The molecule has 0 bridgehead atoms. The van der Waals surface area contributed by atoms with Crippen molar-refractivity contribution in [2.75, 3.05) is 24.6 Å². The van der Waals surface area contributed by atoms with Gasteiger partial charge < -0.3 is 10.6 Å². The number of halogens is 1. The lowest BCUT2D eigenvalue weighted by molar-refractivity contribution is -0.128. The van der Waals surface area contributed by atoms with Crippen LogP contribution in [0.25, 0.3) is 0 Å². The number of nitrogens with zero attached hydrogens (tertiary/aromatic N) is 1. The Bertz CT molecular complexity index is 461. The van der Waals surface area contributed by atoms with Crippen LogP contribution in [0.2, 0.25) is 5.02 Å². The summed E-state index contributed by atoms with van der Waals surface area (Å²) in [4.78, 5) is 13.9. The number of carbonyl (C=O) groups is 1. The number of hydrogen-bond acceptors (Lipinski definition) is 3. The average molecular weight is 289 g/mol. The first-order valence-corrected chi connectivity index (χ1v) is 7.40. The van der Waals surface area contributed by atoms with Crippen molar-refractivity contribution in [3.63, 3.8) is 0 Å². The van der Waals surface area contributed by atoms with Gasteiger partial charge in [0, 0.05) is 23.8 Å². The highest BCUT2D eigenvalue weighted by Crippen LogP contribution is 2.21. The number of nitrogens with two attached hydrogens (primary N) is 1. The number of benzene rings is 1. The second-order valence-electron chi connectivity index (χ2n) is 3.74. The summed E-state index contributed by atoms with van der Waals surface area (Å²) in [6.07, 6.45) is 0. The Morgan fingerprint density at radius 1 is 1.39 bits per heavy atom. The molecule has 0 saturated heterocycles. The topological polar surface area (TPSA) is 63.4 Å². The van der Waals surface area contributed by atoms with E-state index in [2.05, 4.69) is 0 Å². The van der Waals surface area contributed by atoms with Gasteiger partial charge in [0.1, 0.15) is 5.75 Å². The van der Waals surface area contributed by atoms with Gasteiger partial charge in [0.2, 0.25) is 5.91 Å². The Labute approximate surface area is 115 Å². The summed E-state index contributed by atoms with van der Waals surface area (Å²) >= 11 is 5.83. The van der Waals surface area contributed by atoms with Gasteiger partial charge >= 0.3 is 0 Å². The SMILES string of the molecule is CCN(CC)C(=O)CS(=O)c1cc(Cl)ccc1N. The standard InChI is InChI=1S/C12H17ClN2O2S/c1-3-15(4-2)12(16)8-18(17)11-7-9(13)5-6-10(11)14/h5-7H,3-4,8,14H2,1-2H3. The molecule has 0 saturated carbocycles. The number of hydrogen-bond donors (Lipinski definition) is 1. The van der Waals surface area contributed by atoms with E-state index < -0.39 is 10.8 Å². The first kappa shape index (κ1) is 15.0. The summed E-state index contributed by atoms with van der Waals surface area (Å²) in [6.45, 7) is 4.99. The van der Waals surface area contributed by atoms with E-state index in [1.165, 1.54) is 0 Å². The van der Waals surface area contributed by atoms with E-state index in [1.807, 2.05) is 13.8 Å². The van der Waals surface area contributed by atoms with Crippen molar-refractivity contribution in [1.29, 1.82) is 0 Å². The third kappa shape index (κ3) is 3.71. The van der Waals surface area contributed by atoms with Gasteiger partial charge in [-0.05, 0) is 32.0 Å². The molecule has 1 rings (SSSR count). The van der Waals surface area contributed by atoms with Gasteiger partial charge in [-0.15, -0.1) is 0 Å². The average Bonchev–Trinajstić information content (AvgIpc) is 2.33. The minimum absolute atomic E-state index is 0.0633. The molecule has 0 radical (unpaired) electrons. The molecule has 0 aromatic heterocycles. The molecule has 0 heterocycles. The zero-order valence-electron chi connectivity index (χ0n) is 10.5. The largest absolute Gasteiger partial charge is 0.398 e. The van der Waals surface area contributed by atoms with Gasteiger partial charge in [-0.25, -0.2) is 0 Å². The first-order valence-electron chi connectivity index (χ1n) is 5.70. The summed E-state index contributed by atoms with van der Waals surface area (Å²) in [5.41, 5.74) is 6.12. The molecule has 4 nitrogen and oxygen atoms in total. The van der Waals surface area contributed by atoms with Crippen molar-refractivity contribution in [3.8, 4) is 0 Å². The zero-order chi connectivity index (χ0) is 13.7. The highest BCUT2D eigenvalue weighted by Gasteiger charge is 2.16. The van der Waals surface area contributed by atoms with Gasteiger partial charge in [0.05, 0.1) is 15.7 Å². The highest BCUT2D eigenvalue weighted by atomic mass is 35.5. The van der Waals surface area contributed by atoms with E-state index in [1.54, 1.807) is 23.1 Å². The van der Waals surface area contributed by atoms with Crippen LogP contribution in [0.4, 0.5) is 5.69 Å². The summed E-state index contributed by atoms with van der Waals surface area (Å²) in [6, 6.07) is 4.77. The van der Waals surface area contributed by atoms with Crippen LogP contribution < -0.4 is 5.73 Å². The molecule has 18 heavy (non-hydrogen) atoms. The van der Waals surface area contributed by atoms with Crippen molar-refractivity contribution in [1.82, 2.24) is 4.90 Å². The summed E-state index contributed by atoms with van der Waals surface area (Å²) in [5.74, 6) is -0.204. The number of carbonyl (C=O) groups excluding carboxylic acids is 1. The fraction of sp³-hybridized carbons (Fsp3) is 0.417. The van der Waals surface area contributed by atoms with Crippen molar-refractivity contribution < 1.29 is 9.00 Å². The molecule has 0 fully saturated rings. The second-order valence-corrected chi connectivity index (χ2v) is 5.59. The van der Waals surface area contributed by atoms with E-state index in [0.717, 1.165) is 0 Å². The van der Waals surface area contributed by atoms with E-state index in [-0.39, 0.29) is 11.7 Å². The van der Waals surface area contributed by atoms with Crippen LogP contribution in [0, 0.1) is 0 Å². The summed E-state index contributed by atoms with van der Waals surface area (Å²) < 4.78 is 12.1. The molecule has 0 aliphatic rings. The predicted octanol–water partition coefficient (Wildman–Crippen LogP) is 1.90. The molecule has 0 spiro atoms. The molecule has 100 valence electrons. The van der Waals surface area contributed by atoms with E-state index >= 15 is 0 Å². The molecule has 1 amide bonds. The molecule has 0 aliphatic heterocycles.